The maximum Gasteiger partial charge on any atom is 0.357 e. The number of piperidine rings is 2. The molecule has 15 heteroatoms. The molecule has 4 aromatic rings. The standard InChI is InChI=1S/C17H23BrN4O2.C9H20N2O.C8H5BrN2O2.CH4/c1-24-9-8-22-6-4-12(5-7-22)11-19-17(23)16-14-10-13(18)2-3-15(14)20-21-16;1-12-7-6-11-4-2-9(8-10)3-5-11;9-4-1-2-6-5(3-4)7(8(12)13)11-10-6;/h2-3,10,12H,4-9,11H2,1H3,(H,19,23)(H,20,21);9H,2-8,10H2,1H3;1-3H,(H,10,11)(H,12,13);1H4. The first kappa shape index (κ1) is 41.5. The molecule has 2 aromatic heterocycles. The maximum atomic E-state index is 12.4. The first-order chi connectivity index (χ1) is 23.7. The van der Waals surface area contributed by atoms with Crippen LogP contribution in [0.15, 0.2) is 45.3 Å². The number of amides is 1. The summed E-state index contributed by atoms with van der Waals surface area (Å²) in [6.45, 7) is 9.81. The van der Waals surface area contributed by atoms with Crippen LogP contribution >= 0.6 is 31.9 Å². The Morgan fingerprint density at radius 3 is 1.76 bits per heavy atom. The van der Waals surface area contributed by atoms with Gasteiger partial charge in [0, 0.05) is 53.6 Å². The van der Waals surface area contributed by atoms with Gasteiger partial charge in [-0.05, 0) is 107 Å². The number of aromatic nitrogens is 4. The summed E-state index contributed by atoms with van der Waals surface area (Å²) < 4.78 is 11.9. The zero-order valence-corrected chi connectivity index (χ0v) is 31.4. The number of hydrogen-bond donors (Lipinski definition) is 5. The normalized spacial score (nSPS) is 15.9. The fraction of sp³-hybridized carbons (Fsp3) is 0.543. The van der Waals surface area contributed by atoms with Crippen LogP contribution in [0.3, 0.4) is 0 Å². The van der Waals surface area contributed by atoms with Crippen molar-refractivity contribution in [1.82, 2.24) is 35.5 Å². The second-order valence-electron chi connectivity index (χ2n) is 12.3. The van der Waals surface area contributed by atoms with E-state index in [1.807, 2.05) is 24.3 Å². The first-order valence-electron chi connectivity index (χ1n) is 16.6. The molecule has 0 saturated carbocycles. The maximum absolute atomic E-state index is 12.4. The van der Waals surface area contributed by atoms with Crippen LogP contribution in [0.25, 0.3) is 21.8 Å². The molecule has 6 rings (SSSR count). The van der Waals surface area contributed by atoms with Crippen LogP contribution < -0.4 is 11.1 Å². The molecular weight excluding hydrogens is 772 g/mol. The Bertz CT molecular complexity index is 1620. The van der Waals surface area contributed by atoms with E-state index in [4.69, 9.17) is 20.3 Å². The number of hydrogen-bond acceptors (Lipinski definition) is 9. The highest BCUT2D eigenvalue weighted by Gasteiger charge is 2.21. The summed E-state index contributed by atoms with van der Waals surface area (Å²) in [5, 5.41) is 26.7. The number of carboxylic acid groups (broad SMARTS) is 1. The minimum Gasteiger partial charge on any atom is -0.476 e. The third-order valence-corrected chi connectivity index (χ3v) is 9.98. The van der Waals surface area contributed by atoms with E-state index < -0.39 is 5.97 Å². The number of aromatic carboxylic acids is 1. The molecule has 0 radical (unpaired) electrons. The number of nitrogens with one attached hydrogen (secondary N) is 3. The van der Waals surface area contributed by atoms with Crippen molar-refractivity contribution < 1.29 is 24.2 Å². The van der Waals surface area contributed by atoms with Gasteiger partial charge in [-0.1, -0.05) is 39.3 Å². The van der Waals surface area contributed by atoms with Gasteiger partial charge in [-0.15, -0.1) is 0 Å². The number of ether oxygens (including phenoxy) is 2. The molecular formula is C35H52Br2N8O5. The van der Waals surface area contributed by atoms with Crippen molar-refractivity contribution in [1.29, 1.82) is 0 Å². The molecule has 0 unspecified atom stereocenters. The summed E-state index contributed by atoms with van der Waals surface area (Å²) in [6, 6.07) is 11.1. The van der Waals surface area contributed by atoms with Gasteiger partial charge in [0.2, 0.25) is 0 Å². The molecule has 13 nitrogen and oxygen atoms in total. The summed E-state index contributed by atoms with van der Waals surface area (Å²) in [4.78, 5) is 28.0. The third-order valence-electron chi connectivity index (χ3n) is 8.99. The average Bonchev–Trinajstić information content (AvgIpc) is 3.74. The zero-order chi connectivity index (χ0) is 35.2. The Hall–Kier alpha value is -2.92. The largest absolute Gasteiger partial charge is 0.476 e. The molecule has 276 valence electrons. The van der Waals surface area contributed by atoms with Crippen LogP contribution in [0.5, 0.6) is 0 Å². The predicted octanol–water partition coefficient (Wildman–Crippen LogP) is 5.38. The number of aromatic amines is 2. The van der Waals surface area contributed by atoms with Crippen LogP contribution in [0.1, 0.15) is 54.1 Å². The second kappa shape index (κ2) is 21.4. The average molecular weight is 825 g/mol. The monoisotopic (exact) mass is 822 g/mol. The molecule has 2 aromatic carbocycles. The molecule has 0 spiro atoms. The number of carbonyl (C=O) groups is 2. The van der Waals surface area contributed by atoms with E-state index in [0.29, 0.717) is 23.5 Å². The zero-order valence-electron chi connectivity index (χ0n) is 28.2. The van der Waals surface area contributed by atoms with E-state index in [2.05, 4.69) is 67.4 Å². The summed E-state index contributed by atoms with van der Waals surface area (Å²) in [5.41, 5.74) is 7.71. The predicted molar refractivity (Wildman–Crippen MR) is 205 cm³/mol. The molecule has 2 saturated heterocycles. The Morgan fingerprint density at radius 2 is 1.30 bits per heavy atom. The van der Waals surface area contributed by atoms with Gasteiger partial charge in [0.05, 0.1) is 24.2 Å². The van der Waals surface area contributed by atoms with Crippen LogP contribution in [0.4, 0.5) is 0 Å². The summed E-state index contributed by atoms with van der Waals surface area (Å²) in [5.74, 6) is 0.166. The van der Waals surface area contributed by atoms with Crippen molar-refractivity contribution >= 4 is 65.5 Å². The van der Waals surface area contributed by atoms with Crippen LogP contribution in [0.2, 0.25) is 0 Å². The first-order valence-corrected chi connectivity index (χ1v) is 18.2. The van der Waals surface area contributed by atoms with Crippen molar-refractivity contribution in [2.75, 3.05) is 79.8 Å². The molecule has 4 heterocycles. The highest BCUT2D eigenvalue weighted by Crippen LogP contribution is 2.22. The van der Waals surface area contributed by atoms with E-state index >= 15 is 0 Å². The molecule has 2 aliphatic heterocycles. The van der Waals surface area contributed by atoms with E-state index in [9.17, 15) is 9.59 Å². The third kappa shape index (κ3) is 12.4. The second-order valence-corrected chi connectivity index (χ2v) is 14.2. The van der Waals surface area contributed by atoms with Gasteiger partial charge in [0.25, 0.3) is 5.91 Å². The van der Waals surface area contributed by atoms with E-state index in [1.165, 1.54) is 25.9 Å². The molecule has 0 bridgehead atoms. The van der Waals surface area contributed by atoms with Crippen molar-refractivity contribution in [3.8, 4) is 0 Å². The Labute approximate surface area is 311 Å². The van der Waals surface area contributed by atoms with Gasteiger partial charge in [-0.25, -0.2) is 4.79 Å². The molecule has 50 heavy (non-hydrogen) atoms. The quantitative estimate of drug-likeness (QED) is 0.132. The lowest BCUT2D eigenvalue weighted by Gasteiger charge is -2.31. The molecule has 0 atom stereocenters. The molecule has 2 aliphatic rings. The number of carbonyl (C=O) groups excluding carboxylic acids is 1. The number of halogens is 2. The van der Waals surface area contributed by atoms with E-state index in [-0.39, 0.29) is 19.0 Å². The molecule has 6 N–H and O–H groups in total. The molecule has 1 amide bonds. The van der Waals surface area contributed by atoms with Gasteiger partial charge < -0.3 is 35.4 Å². The number of carboxylic acids is 1. The van der Waals surface area contributed by atoms with Gasteiger partial charge in [0.15, 0.2) is 11.4 Å². The van der Waals surface area contributed by atoms with Gasteiger partial charge in [0.1, 0.15) is 0 Å². The van der Waals surface area contributed by atoms with Crippen molar-refractivity contribution in [2.45, 2.75) is 33.1 Å². The molecule has 2 fully saturated rings. The SMILES string of the molecule is C.COCCN1CCC(CN)CC1.COCCN1CCC(CNC(=O)c2n[nH]c3ccc(Br)cc23)CC1.O=C(O)c1n[nH]c2ccc(Br)cc12. The van der Waals surface area contributed by atoms with Gasteiger partial charge >= 0.3 is 5.97 Å². The van der Waals surface area contributed by atoms with E-state index in [1.54, 1.807) is 26.4 Å². The topological polar surface area (TPSA) is 175 Å². The molecule has 0 aliphatic carbocycles. The number of benzene rings is 2. The van der Waals surface area contributed by atoms with Gasteiger partial charge in [-0.2, -0.15) is 10.2 Å². The number of rotatable bonds is 11. The Balaban J connectivity index is 0.000000220. The van der Waals surface area contributed by atoms with Crippen LogP contribution in [0, 0.1) is 11.8 Å². The summed E-state index contributed by atoms with van der Waals surface area (Å²) >= 11 is 6.70. The lowest BCUT2D eigenvalue weighted by molar-refractivity contribution is 0.0692. The van der Waals surface area contributed by atoms with E-state index in [0.717, 1.165) is 90.1 Å². The Kier molecular flexibility index (Phi) is 17.8. The number of fused-ring (bicyclic) bond motifs is 2. The van der Waals surface area contributed by atoms with Crippen molar-refractivity contribution in [2.24, 2.45) is 17.6 Å². The van der Waals surface area contributed by atoms with Crippen molar-refractivity contribution in [3.05, 3.63) is 56.7 Å². The van der Waals surface area contributed by atoms with Gasteiger partial charge in [-0.3, -0.25) is 15.0 Å². The minimum absolute atomic E-state index is 0. The van der Waals surface area contributed by atoms with Crippen LogP contribution in [-0.2, 0) is 9.47 Å². The number of nitrogens with two attached hydrogens (primary N) is 1. The Morgan fingerprint density at radius 1 is 0.840 bits per heavy atom. The number of methoxy groups -OCH3 is 2. The fourth-order valence-corrected chi connectivity index (χ4v) is 6.65. The summed E-state index contributed by atoms with van der Waals surface area (Å²) in [7, 11) is 3.49. The highest BCUT2D eigenvalue weighted by atomic mass is 79.9. The smallest absolute Gasteiger partial charge is 0.357 e. The highest BCUT2D eigenvalue weighted by molar-refractivity contribution is 9.10. The number of H-pyrrole nitrogens is 2. The fourth-order valence-electron chi connectivity index (χ4n) is 5.93. The minimum atomic E-state index is -1.02. The summed E-state index contributed by atoms with van der Waals surface area (Å²) in [6.07, 6.45) is 4.74. The van der Waals surface area contributed by atoms with Crippen molar-refractivity contribution in [3.63, 3.8) is 0 Å². The lowest BCUT2D eigenvalue weighted by Crippen LogP contribution is -2.39. The van der Waals surface area contributed by atoms with Crippen LogP contribution in [-0.4, -0.2) is 127 Å². The number of likely N-dealkylation sites (tertiary alicyclic amines) is 2. The lowest BCUT2D eigenvalue weighted by atomic mass is 9.97. The number of nitrogens with zero attached hydrogens (tertiary/aromatic N) is 4.